The van der Waals surface area contributed by atoms with Gasteiger partial charge in [0.05, 0.1) is 28.4 Å². The number of rotatable bonds is 3. The van der Waals surface area contributed by atoms with E-state index in [1.165, 1.54) is 0 Å². The number of hydrogen-bond acceptors (Lipinski definition) is 6. The molecule has 23 heavy (non-hydrogen) atoms. The van der Waals surface area contributed by atoms with E-state index in [2.05, 4.69) is 4.99 Å². The van der Waals surface area contributed by atoms with Crippen LogP contribution >= 0.6 is 11.8 Å². The first-order valence-electron chi connectivity index (χ1n) is 6.69. The molecule has 124 valence electrons. The fourth-order valence-electron chi connectivity index (χ4n) is 3.00. The number of nitro benzene ring substituents is 1. The first-order valence-corrected chi connectivity index (χ1v) is 7.51. The fourth-order valence-corrected chi connectivity index (χ4v) is 4.28. The molecule has 0 aromatic heterocycles. The van der Waals surface area contributed by atoms with Crippen LogP contribution in [0.3, 0.4) is 0 Å². The zero-order valence-electron chi connectivity index (χ0n) is 11.7. The summed E-state index contributed by atoms with van der Waals surface area (Å²) in [6, 6.07) is 1.47. The molecule has 1 aromatic rings. The number of amidine groups is 1. The highest BCUT2D eigenvalue weighted by Gasteiger charge is 2.55. The highest BCUT2D eigenvalue weighted by atomic mass is 32.2. The first kappa shape index (κ1) is 16.1. The SMILES string of the molecule is NC1=NC[C@H]2[C@@H](CF)OC[C@]2(c2cc([N+](=O)[O-])cc(F)c2F)S1. The van der Waals surface area contributed by atoms with Gasteiger partial charge in [-0.3, -0.25) is 15.1 Å². The number of alkyl halides is 1. The van der Waals surface area contributed by atoms with Crippen molar-refractivity contribution in [2.24, 2.45) is 16.6 Å². The van der Waals surface area contributed by atoms with Gasteiger partial charge in [-0.15, -0.1) is 0 Å². The molecule has 2 N–H and O–H groups in total. The molecule has 3 rings (SSSR count). The van der Waals surface area contributed by atoms with Crippen molar-refractivity contribution in [1.82, 2.24) is 0 Å². The summed E-state index contributed by atoms with van der Waals surface area (Å²) in [7, 11) is 0. The normalized spacial score (nSPS) is 30.0. The summed E-state index contributed by atoms with van der Waals surface area (Å²) in [5.74, 6) is -3.15. The Labute approximate surface area is 133 Å². The van der Waals surface area contributed by atoms with Gasteiger partial charge in [0.2, 0.25) is 0 Å². The molecule has 0 spiro atoms. The number of nitro groups is 1. The van der Waals surface area contributed by atoms with E-state index in [9.17, 15) is 23.3 Å². The molecule has 0 aliphatic carbocycles. The van der Waals surface area contributed by atoms with Crippen LogP contribution in [0.2, 0.25) is 0 Å². The second-order valence-corrected chi connectivity index (χ2v) is 6.68. The van der Waals surface area contributed by atoms with E-state index >= 15 is 0 Å². The van der Waals surface area contributed by atoms with E-state index < -0.39 is 45.7 Å². The van der Waals surface area contributed by atoms with Crippen LogP contribution in [0.4, 0.5) is 18.9 Å². The molecule has 0 saturated carbocycles. The maximum atomic E-state index is 14.4. The summed E-state index contributed by atoms with van der Waals surface area (Å²) in [6.07, 6.45) is -0.846. The van der Waals surface area contributed by atoms with Crippen LogP contribution in [0.1, 0.15) is 5.56 Å². The average Bonchev–Trinajstić information content (AvgIpc) is 2.88. The number of nitrogens with zero attached hydrogens (tertiary/aromatic N) is 2. The van der Waals surface area contributed by atoms with Crippen molar-refractivity contribution in [2.45, 2.75) is 10.9 Å². The summed E-state index contributed by atoms with van der Waals surface area (Å²) >= 11 is 0.927. The van der Waals surface area contributed by atoms with Crippen molar-refractivity contribution < 1.29 is 22.8 Å². The van der Waals surface area contributed by atoms with Crippen LogP contribution in [0, 0.1) is 27.7 Å². The monoisotopic (exact) mass is 347 g/mol. The highest BCUT2D eigenvalue weighted by molar-refractivity contribution is 8.14. The Hall–Kier alpha value is -1.81. The van der Waals surface area contributed by atoms with Gasteiger partial charge >= 0.3 is 0 Å². The van der Waals surface area contributed by atoms with Crippen molar-refractivity contribution >= 4 is 22.6 Å². The van der Waals surface area contributed by atoms with Crippen LogP contribution in [0.15, 0.2) is 17.1 Å². The summed E-state index contributed by atoms with van der Waals surface area (Å²) in [6.45, 7) is -0.872. The standard InChI is InChI=1S/C13H12F3N3O3S/c14-3-10-8-4-18-12(17)23-13(8,5-22-10)7-1-6(19(20)21)2-9(15)11(7)16/h1-2,8,10H,3-5H2,(H2,17,18)/t8-,10+,13+/m0/s1. The Morgan fingerprint density at radius 3 is 2.91 bits per heavy atom. The molecular weight excluding hydrogens is 335 g/mol. The van der Waals surface area contributed by atoms with Gasteiger partial charge in [-0.2, -0.15) is 0 Å². The Bertz CT molecular complexity index is 703. The number of benzene rings is 1. The molecule has 3 atom stereocenters. The molecule has 1 saturated heterocycles. The third-order valence-electron chi connectivity index (χ3n) is 4.12. The van der Waals surface area contributed by atoms with E-state index in [0.29, 0.717) is 6.07 Å². The minimum Gasteiger partial charge on any atom is -0.379 e. The number of nitrogens with two attached hydrogens (primary N) is 1. The van der Waals surface area contributed by atoms with E-state index in [0.717, 1.165) is 17.8 Å². The predicted molar refractivity (Wildman–Crippen MR) is 78.0 cm³/mol. The third kappa shape index (κ3) is 2.45. The summed E-state index contributed by atoms with van der Waals surface area (Å²) in [5, 5.41) is 11.1. The average molecular weight is 347 g/mol. The number of fused-ring (bicyclic) bond motifs is 1. The first-order chi connectivity index (χ1) is 10.9. The molecular formula is C13H12F3N3O3S. The third-order valence-corrected chi connectivity index (χ3v) is 5.46. The van der Waals surface area contributed by atoms with Gasteiger partial charge in [0.25, 0.3) is 5.69 Å². The summed E-state index contributed by atoms with van der Waals surface area (Å²) in [5.41, 5.74) is 4.87. The van der Waals surface area contributed by atoms with Gasteiger partial charge in [-0.25, -0.2) is 13.2 Å². The lowest BCUT2D eigenvalue weighted by Crippen LogP contribution is -2.42. The molecule has 2 aliphatic heterocycles. The molecule has 1 fully saturated rings. The molecule has 0 radical (unpaired) electrons. The van der Waals surface area contributed by atoms with E-state index in [4.69, 9.17) is 10.5 Å². The summed E-state index contributed by atoms with van der Waals surface area (Å²) in [4.78, 5) is 14.1. The lowest BCUT2D eigenvalue weighted by molar-refractivity contribution is -0.385. The lowest BCUT2D eigenvalue weighted by Gasteiger charge is -2.36. The molecule has 1 aromatic carbocycles. The predicted octanol–water partition coefficient (Wildman–Crippen LogP) is 2.11. The van der Waals surface area contributed by atoms with E-state index in [1.54, 1.807) is 0 Å². The Morgan fingerprint density at radius 1 is 1.52 bits per heavy atom. The molecule has 0 amide bonds. The number of halogens is 3. The largest absolute Gasteiger partial charge is 0.379 e. The number of aliphatic imine (C=N–C) groups is 1. The van der Waals surface area contributed by atoms with Gasteiger partial charge in [0.1, 0.15) is 6.67 Å². The second-order valence-electron chi connectivity index (χ2n) is 5.33. The minimum atomic E-state index is -1.34. The molecule has 10 heteroatoms. The smallest absolute Gasteiger partial charge is 0.272 e. The van der Waals surface area contributed by atoms with E-state index in [-0.39, 0.29) is 23.9 Å². The zero-order valence-corrected chi connectivity index (χ0v) is 12.5. The molecule has 2 heterocycles. The van der Waals surface area contributed by atoms with Crippen LogP contribution in [-0.2, 0) is 9.48 Å². The number of non-ortho nitro benzene ring substituents is 1. The number of ether oxygens (including phenoxy) is 1. The van der Waals surface area contributed by atoms with Gasteiger partial charge in [0.15, 0.2) is 16.8 Å². The van der Waals surface area contributed by atoms with Crippen LogP contribution in [0.5, 0.6) is 0 Å². The molecule has 0 bridgehead atoms. The molecule has 2 aliphatic rings. The molecule has 6 nitrogen and oxygen atoms in total. The Kier molecular flexibility index (Phi) is 3.96. The van der Waals surface area contributed by atoms with Crippen molar-refractivity contribution in [3.8, 4) is 0 Å². The molecule has 0 unspecified atom stereocenters. The van der Waals surface area contributed by atoms with Crippen LogP contribution in [0.25, 0.3) is 0 Å². The number of thioether (sulfide) groups is 1. The van der Waals surface area contributed by atoms with Crippen LogP contribution < -0.4 is 5.73 Å². The van der Waals surface area contributed by atoms with Crippen molar-refractivity contribution in [1.29, 1.82) is 0 Å². The minimum absolute atomic E-state index is 0.0805. The van der Waals surface area contributed by atoms with Crippen molar-refractivity contribution in [3.63, 3.8) is 0 Å². The Balaban J connectivity index is 2.18. The van der Waals surface area contributed by atoms with Gasteiger partial charge in [0, 0.05) is 24.1 Å². The Morgan fingerprint density at radius 2 is 2.26 bits per heavy atom. The van der Waals surface area contributed by atoms with Crippen LogP contribution in [-0.4, -0.2) is 36.0 Å². The number of hydrogen-bond donors (Lipinski definition) is 1. The van der Waals surface area contributed by atoms with E-state index in [1.807, 2.05) is 0 Å². The maximum Gasteiger partial charge on any atom is 0.272 e. The van der Waals surface area contributed by atoms with Gasteiger partial charge < -0.3 is 10.5 Å². The second kappa shape index (κ2) is 5.68. The summed E-state index contributed by atoms with van der Waals surface area (Å²) < 4.78 is 45.5. The maximum absolute atomic E-state index is 14.4. The lowest BCUT2D eigenvalue weighted by atomic mass is 9.83. The van der Waals surface area contributed by atoms with Crippen molar-refractivity contribution in [2.75, 3.05) is 19.8 Å². The topological polar surface area (TPSA) is 90.8 Å². The van der Waals surface area contributed by atoms with Gasteiger partial charge in [-0.05, 0) is 0 Å². The quantitative estimate of drug-likeness (QED) is 0.668. The van der Waals surface area contributed by atoms with Crippen molar-refractivity contribution in [3.05, 3.63) is 39.4 Å². The highest BCUT2D eigenvalue weighted by Crippen LogP contribution is 2.53. The fraction of sp³-hybridized carbons (Fsp3) is 0.462. The zero-order chi connectivity index (χ0) is 16.8. The van der Waals surface area contributed by atoms with Gasteiger partial charge in [-0.1, -0.05) is 11.8 Å².